The van der Waals surface area contributed by atoms with Crippen molar-refractivity contribution in [2.24, 2.45) is 21.3 Å². The van der Waals surface area contributed by atoms with Crippen LogP contribution in [0.3, 0.4) is 0 Å². The highest BCUT2D eigenvalue weighted by Crippen LogP contribution is 2.54. The van der Waals surface area contributed by atoms with E-state index in [1.807, 2.05) is 45.9 Å². The van der Waals surface area contributed by atoms with Crippen LogP contribution in [-0.4, -0.2) is 77.7 Å². The maximum Gasteiger partial charge on any atom is 0.334 e. The average molecular weight is 721 g/mol. The van der Waals surface area contributed by atoms with Gasteiger partial charge in [-0.1, -0.05) is 24.8 Å². The third-order valence-electron chi connectivity index (χ3n) is 11.1. The fourth-order valence-corrected chi connectivity index (χ4v) is 8.08. The van der Waals surface area contributed by atoms with E-state index in [0.717, 1.165) is 55.5 Å². The average Bonchev–Trinajstić information content (AvgIpc) is 3.79. The lowest BCUT2D eigenvalue weighted by atomic mass is 9.64. The molecule has 0 aromatic carbocycles. The summed E-state index contributed by atoms with van der Waals surface area (Å²) >= 11 is 0. The van der Waals surface area contributed by atoms with Crippen molar-refractivity contribution in [2.75, 3.05) is 21.3 Å². The summed E-state index contributed by atoms with van der Waals surface area (Å²) in [4.78, 5) is 68.4. The predicted molar refractivity (Wildman–Crippen MR) is 201 cm³/mol. The van der Waals surface area contributed by atoms with E-state index in [-0.39, 0.29) is 30.8 Å². The normalized spacial score (nSPS) is 23.8. The molecule has 0 spiro atoms. The number of methoxy groups -OCH3 is 3. The van der Waals surface area contributed by atoms with E-state index in [0.29, 0.717) is 35.5 Å². The second-order valence-corrected chi connectivity index (χ2v) is 13.8. The fourth-order valence-electron chi connectivity index (χ4n) is 8.08. The molecule has 0 radical (unpaired) electrons. The lowest BCUT2D eigenvalue weighted by Crippen LogP contribution is -2.41. The number of esters is 3. The molecule has 2 aromatic rings. The van der Waals surface area contributed by atoms with Gasteiger partial charge in [0.2, 0.25) is 0 Å². The van der Waals surface area contributed by atoms with Gasteiger partial charge in [-0.3, -0.25) is 24.4 Å². The SMILES string of the molecule is C=Cc1c(C)/c2[nH]/c1=C\c1[nH]c(c(CCC(=O)OC)c1C)CC1N=C(/C=C3N=C(\C=2)C2=CC=C(C(=O)OC)[C@H](C(=O)OC)[C@@]2\3C)C(C)=C1CCC(=O)O. The number of allylic oxidation sites excluding steroid dienone is 5. The van der Waals surface area contributed by atoms with Crippen molar-refractivity contribution in [1.82, 2.24) is 9.97 Å². The number of carbonyl (C=O) groups excluding carboxylic acids is 3. The highest BCUT2D eigenvalue weighted by molar-refractivity contribution is 6.25. The van der Waals surface area contributed by atoms with Crippen LogP contribution in [0.25, 0.3) is 18.2 Å². The molecule has 6 rings (SSSR count). The van der Waals surface area contributed by atoms with Crippen molar-refractivity contribution >= 4 is 53.5 Å². The summed E-state index contributed by atoms with van der Waals surface area (Å²) in [5, 5.41) is 11.3. The first-order valence-electron chi connectivity index (χ1n) is 17.5. The molecule has 8 bridgehead atoms. The first-order chi connectivity index (χ1) is 25.3. The standard InChI is InChI=1S/C41H44N4O8/c1-9-23-20(2)29-17-34-27-13-10-26(39(49)52-7)38(40(50)53-8)41(27,5)35(45-34)19-30-22(4)24(11-14-36(46)47)32(44-30)18-33-25(12-15-37(48)51-6)21(3)28(43-33)16-31(23)42-29/h9-10,13,16-17,19,32,38,42-43H,1,11-12,14-15,18H2,2-8H3,(H,46,47)/b29-17-,31-16-,35-19-/t32?,38-,41+/m1/s1. The fraction of sp³-hybridized carbons (Fsp3) is 0.366. The lowest BCUT2D eigenvalue weighted by Gasteiger charge is -2.37. The molecule has 4 aliphatic rings. The number of rotatable bonds is 9. The first-order valence-corrected chi connectivity index (χ1v) is 17.5. The van der Waals surface area contributed by atoms with Gasteiger partial charge in [-0.05, 0) is 92.2 Å². The number of aliphatic imine (C=N–C) groups is 2. The van der Waals surface area contributed by atoms with Crippen LogP contribution in [0.2, 0.25) is 0 Å². The predicted octanol–water partition coefficient (Wildman–Crippen LogP) is 4.05. The van der Waals surface area contributed by atoms with Gasteiger partial charge >= 0.3 is 23.9 Å². The van der Waals surface area contributed by atoms with Gasteiger partial charge in [0.15, 0.2) is 0 Å². The Morgan fingerprint density at radius 1 is 0.943 bits per heavy atom. The van der Waals surface area contributed by atoms with E-state index >= 15 is 0 Å². The molecule has 1 aliphatic carbocycles. The Balaban J connectivity index is 1.66. The number of hydrogen-bond donors (Lipinski definition) is 3. The number of carboxylic acids is 1. The Bertz CT molecular complexity index is 2290. The molecule has 2 aromatic heterocycles. The van der Waals surface area contributed by atoms with Crippen LogP contribution in [0.5, 0.6) is 0 Å². The van der Waals surface area contributed by atoms with Gasteiger partial charge in [-0.25, -0.2) is 4.79 Å². The number of carbonyl (C=O) groups is 4. The molecule has 12 heteroatoms. The molecule has 3 atom stereocenters. The number of ether oxygens (including phenoxy) is 3. The number of hydrogen-bond acceptors (Lipinski definition) is 9. The zero-order valence-corrected chi connectivity index (χ0v) is 31.1. The quantitative estimate of drug-likeness (QED) is 0.257. The van der Waals surface area contributed by atoms with Crippen molar-refractivity contribution in [1.29, 1.82) is 0 Å². The minimum Gasteiger partial charge on any atom is -0.481 e. The Kier molecular flexibility index (Phi) is 10.0. The number of aromatic nitrogens is 2. The number of aliphatic carboxylic acids is 1. The zero-order valence-electron chi connectivity index (χ0n) is 31.1. The van der Waals surface area contributed by atoms with E-state index in [1.54, 1.807) is 18.2 Å². The first kappa shape index (κ1) is 37.0. The molecule has 0 amide bonds. The van der Waals surface area contributed by atoms with Crippen LogP contribution >= 0.6 is 0 Å². The number of aromatic amines is 2. The molecule has 5 heterocycles. The Morgan fingerprint density at radius 2 is 1.70 bits per heavy atom. The highest BCUT2D eigenvalue weighted by atomic mass is 16.5. The molecule has 53 heavy (non-hydrogen) atoms. The number of H-pyrrole nitrogens is 2. The minimum atomic E-state index is -1.17. The maximum absolute atomic E-state index is 13.7. The second-order valence-electron chi connectivity index (χ2n) is 13.8. The number of carboxylic acid groups (broad SMARTS) is 1. The van der Waals surface area contributed by atoms with Gasteiger partial charge in [0, 0.05) is 46.9 Å². The summed E-state index contributed by atoms with van der Waals surface area (Å²) in [6.07, 6.45) is 12.2. The van der Waals surface area contributed by atoms with E-state index in [4.69, 9.17) is 24.2 Å². The van der Waals surface area contributed by atoms with Gasteiger partial charge < -0.3 is 29.3 Å². The van der Waals surface area contributed by atoms with Crippen LogP contribution in [0.4, 0.5) is 0 Å². The molecule has 276 valence electrons. The third kappa shape index (κ3) is 6.36. The van der Waals surface area contributed by atoms with Gasteiger partial charge in [0.05, 0.1) is 55.5 Å². The van der Waals surface area contributed by atoms with Crippen LogP contribution in [0.1, 0.15) is 66.8 Å². The molecule has 0 saturated carbocycles. The molecular weight excluding hydrogens is 676 g/mol. The number of nitrogens with zero attached hydrogens (tertiary/aromatic N) is 2. The van der Waals surface area contributed by atoms with Gasteiger partial charge in [-0.15, -0.1) is 0 Å². The molecule has 3 aliphatic heterocycles. The van der Waals surface area contributed by atoms with Gasteiger partial charge in [0.1, 0.15) is 5.92 Å². The van der Waals surface area contributed by atoms with E-state index in [2.05, 4.69) is 16.5 Å². The van der Waals surface area contributed by atoms with E-state index < -0.39 is 35.3 Å². The molecular formula is C41H44N4O8. The lowest BCUT2D eigenvalue weighted by molar-refractivity contribution is -0.150. The molecule has 3 N–H and O–H groups in total. The number of fused-ring (bicyclic) bond motifs is 9. The zero-order chi connectivity index (χ0) is 38.4. The molecule has 1 unspecified atom stereocenters. The minimum absolute atomic E-state index is 0.0846. The van der Waals surface area contributed by atoms with Crippen LogP contribution in [-0.2, 0) is 46.2 Å². The molecule has 0 fully saturated rings. The van der Waals surface area contributed by atoms with Crippen LogP contribution < -0.4 is 10.7 Å². The Labute approximate surface area is 307 Å². The van der Waals surface area contributed by atoms with Crippen molar-refractivity contribution in [2.45, 2.75) is 65.8 Å². The molecule has 0 saturated heterocycles. The van der Waals surface area contributed by atoms with Crippen LogP contribution in [0.15, 0.2) is 62.8 Å². The number of nitrogens with one attached hydrogen (secondary N) is 2. The summed E-state index contributed by atoms with van der Waals surface area (Å²) in [6.45, 7) is 11.9. The monoisotopic (exact) mass is 720 g/mol. The summed E-state index contributed by atoms with van der Waals surface area (Å²) < 4.78 is 15.4. The van der Waals surface area contributed by atoms with Gasteiger partial charge in [-0.2, -0.15) is 0 Å². The third-order valence-corrected chi connectivity index (χ3v) is 11.1. The largest absolute Gasteiger partial charge is 0.481 e. The summed E-state index contributed by atoms with van der Waals surface area (Å²) in [7, 11) is 3.92. The van der Waals surface area contributed by atoms with E-state index in [1.165, 1.54) is 21.3 Å². The highest BCUT2D eigenvalue weighted by Gasteiger charge is 2.55. The summed E-state index contributed by atoms with van der Waals surface area (Å²) in [5.41, 5.74) is 8.53. The second kappa shape index (κ2) is 14.3. The van der Waals surface area contributed by atoms with Crippen LogP contribution in [0, 0.1) is 25.2 Å². The van der Waals surface area contributed by atoms with Crippen molar-refractivity contribution in [3.05, 3.63) is 97.1 Å². The van der Waals surface area contributed by atoms with Crippen molar-refractivity contribution in [3.8, 4) is 0 Å². The summed E-state index contributed by atoms with van der Waals surface area (Å²) in [6, 6.07) is -0.424. The van der Waals surface area contributed by atoms with Gasteiger partial charge in [0.25, 0.3) is 0 Å². The van der Waals surface area contributed by atoms with Crippen molar-refractivity contribution < 1.29 is 38.5 Å². The Morgan fingerprint density at radius 3 is 2.36 bits per heavy atom. The Hall–Kier alpha value is -5.78. The molecule has 12 nitrogen and oxygen atoms in total. The van der Waals surface area contributed by atoms with E-state index in [9.17, 15) is 24.3 Å². The maximum atomic E-state index is 13.7. The van der Waals surface area contributed by atoms with Crippen molar-refractivity contribution in [3.63, 3.8) is 0 Å². The smallest absolute Gasteiger partial charge is 0.334 e. The summed E-state index contributed by atoms with van der Waals surface area (Å²) in [5.74, 6) is -3.62. The topological polar surface area (TPSA) is 172 Å².